The number of rotatable bonds is 4. The minimum Gasteiger partial charge on any atom is -0.507 e. The zero-order valence-corrected chi connectivity index (χ0v) is 15.2. The molecular formula is C19H17N7O2. The van der Waals surface area contributed by atoms with E-state index in [0.29, 0.717) is 23.4 Å². The molecule has 0 aliphatic heterocycles. The van der Waals surface area contributed by atoms with Gasteiger partial charge in [0.15, 0.2) is 5.78 Å². The molecule has 0 saturated carbocycles. The Morgan fingerprint density at radius 2 is 1.89 bits per heavy atom. The summed E-state index contributed by atoms with van der Waals surface area (Å²) in [6.45, 7) is 3.13. The van der Waals surface area contributed by atoms with E-state index < -0.39 is 0 Å². The Balaban J connectivity index is 1.85. The number of hydrogen-bond acceptors (Lipinski definition) is 8. The molecule has 28 heavy (non-hydrogen) atoms. The summed E-state index contributed by atoms with van der Waals surface area (Å²) in [5, 5.41) is 13.2. The number of fused-ring (bicyclic) bond motifs is 1. The van der Waals surface area contributed by atoms with E-state index in [0.717, 1.165) is 11.0 Å². The second-order valence-electron chi connectivity index (χ2n) is 6.21. The number of phenols is 1. The van der Waals surface area contributed by atoms with Gasteiger partial charge < -0.3 is 16.2 Å². The molecule has 0 spiro atoms. The standard InChI is InChI=1S/C19H17N7O2/c1-10(27)13-8-7-12(9-16(13)28)23-19-24-14-5-3-4-6-15(14)26(19)18-22-11(2)21-17(20)25-18/h3-9,28H,1-2H3,(H,23,24)(H2,20,21,22,25). The minimum atomic E-state index is -0.215. The highest BCUT2D eigenvalue weighted by atomic mass is 16.3. The van der Waals surface area contributed by atoms with Crippen LogP contribution in [0.15, 0.2) is 42.5 Å². The minimum absolute atomic E-state index is 0.106. The number of carbonyl (C=O) groups is 1. The fourth-order valence-electron chi connectivity index (χ4n) is 2.94. The number of nitrogens with two attached hydrogens (primary N) is 1. The van der Waals surface area contributed by atoms with E-state index in [4.69, 9.17) is 5.73 Å². The van der Waals surface area contributed by atoms with Gasteiger partial charge in [0.2, 0.25) is 17.8 Å². The number of Topliss-reactive ketones (excluding diaryl/α,β-unsaturated/α-hetero) is 1. The van der Waals surface area contributed by atoms with Crippen LogP contribution < -0.4 is 11.1 Å². The summed E-state index contributed by atoms with van der Waals surface area (Å²) in [7, 11) is 0. The number of para-hydroxylation sites is 2. The lowest BCUT2D eigenvalue weighted by molar-refractivity contribution is 0.101. The Morgan fingerprint density at radius 3 is 2.61 bits per heavy atom. The van der Waals surface area contributed by atoms with Crippen molar-refractivity contribution in [3.63, 3.8) is 0 Å². The number of phenolic OH excluding ortho intramolecular Hbond substituents is 1. The highest BCUT2D eigenvalue weighted by Crippen LogP contribution is 2.28. The maximum atomic E-state index is 11.5. The van der Waals surface area contributed by atoms with E-state index in [1.165, 1.54) is 13.0 Å². The van der Waals surface area contributed by atoms with Gasteiger partial charge in [-0.05, 0) is 38.1 Å². The average Bonchev–Trinajstić information content (AvgIpc) is 2.98. The summed E-state index contributed by atoms with van der Waals surface area (Å²) < 4.78 is 1.72. The monoisotopic (exact) mass is 375 g/mol. The first-order chi connectivity index (χ1) is 13.4. The second kappa shape index (κ2) is 6.62. The number of aromatic hydroxyl groups is 1. The molecule has 0 unspecified atom stereocenters. The van der Waals surface area contributed by atoms with Crippen molar-refractivity contribution in [2.24, 2.45) is 0 Å². The molecule has 0 radical (unpaired) electrons. The molecule has 2 heterocycles. The third-order valence-electron chi connectivity index (χ3n) is 4.15. The molecule has 0 amide bonds. The highest BCUT2D eigenvalue weighted by molar-refractivity contribution is 5.97. The molecule has 4 aromatic rings. The molecule has 0 atom stereocenters. The van der Waals surface area contributed by atoms with Crippen LogP contribution in [0.5, 0.6) is 5.75 Å². The Hall–Kier alpha value is -4.01. The molecule has 0 aliphatic carbocycles. The number of nitrogens with zero attached hydrogens (tertiary/aromatic N) is 5. The van der Waals surface area contributed by atoms with Gasteiger partial charge in [-0.15, -0.1) is 0 Å². The summed E-state index contributed by atoms with van der Waals surface area (Å²) in [6.07, 6.45) is 0. The molecule has 140 valence electrons. The Labute approximate surface area is 159 Å². The van der Waals surface area contributed by atoms with Gasteiger partial charge in [-0.1, -0.05) is 12.1 Å². The largest absolute Gasteiger partial charge is 0.507 e. The van der Waals surface area contributed by atoms with Crippen molar-refractivity contribution in [3.05, 3.63) is 53.9 Å². The number of nitrogen functional groups attached to an aromatic ring is 1. The fourth-order valence-corrected chi connectivity index (χ4v) is 2.94. The Bertz CT molecular complexity index is 1200. The normalized spacial score (nSPS) is 10.9. The summed E-state index contributed by atoms with van der Waals surface area (Å²) in [4.78, 5) is 28.7. The average molecular weight is 375 g/mol. The van der Waals surface area contributed by atoms with Crippen molar-refractivity contribution in [2.45, 2.75) is 13.8 Å². The van der Waals surface area contributed by atoms with Crippen LogP contribution in [-0.4, -0.2) is 35.4 Å². The molecule has 9 nitrogen and oxygen atoms in total. The number of nitrogens with one attached hydrogen (secondary N) is 1. The molecule has 4 N–H and O–H groups in total. The van der Waals surface area contributed by atoms with Crippen molar-refractivity contribution in [2.75, 3.05) is 11.1 Å². The van der Waals surface area contributed by atoms with Crippen LogP contribution in [0.4, 0.5) is 17.6 Å². The molecule has 9 heteroatoms. The first kappa shape index (κ1) is 17.4. The number of carbonyl (C=O) groups excluding carboxylic acids is 1. The van der Waals surface area contributed by atoms with Gasteiger partial charge in [0, 0.05) is 11.8 Å². The van der Waals surface area contributed by atoms with Gasteiger partial charge >= 0.3 is 0 Å². The van der Waals surface area contributed by atoms with Gasteiger partial charge in [0.05, 0.1) is 16.6 Å². The molecule has 2 aromatic heterocycles. The summed E-state index contributed by atoms with van der Waals surface area (Å²) in [5.74, 6) is 1.02. The van der Waals surface area contributed by atoms with E-state index in [1.807, 2.05) is 24.3 Å². The third kappa shape index (κ3) is 3.09. The zero-order chi connectivity index (χ0) is 19.8. The van der Waals surface area contributed by atoms with Crippen LogP contribution in [-0.2, 0) is 0 Å². The van der Waals surface area contributed by atoms with E-state index in [9.17, 15) is 9.90 Å². The number of hydrogen-bond donors (Lipinski definition) is 3. The number of aromatic nitrogens is 5. The number of aryl methyl sites for hydroxylation is 1. The zero-order valence-electron chi connectivity index (χ0n) is 15.2. The number of anilines is 3. The predicted octanol–water partition coefficient (Wildman–Crippen LogP) is 2.75. The lowest BCUT2D eigenvalue weighted by atomic mass is 10.1. The van der Waals surface area contributed by atoms with Gasteiger partial charge in [0.25, 0.3) is 0 Å². The quantitative estimate of drug-likeness (QED) is 0.464. The van der Waals surface area contributed by atoms with Crippen LogP contribution in [0, 0.1) is 6.92 Å². The molecule has 0 aliphatic rings. The number of ketones is 1. The van der Waals surface area contributed by atoms with Crippen LogP contribution in [0.1, 0.15) is 23.1 Å². The lowest BCUT2D eigenvalue weighted by Crippen LogP contribution is -2.10. The number of imidazole rings is 1. The Morgan fingerprint density at radius 1 is 1.11 bits per heavy atom. The van der Waals surface area contributed by atoms with Gasteiger partial charge in [0.1, 0.15) is 11.6 Å². The number of benzene rings is 2. The summed E-state index contributed by atoms with van der Waals surface area (Å²) in [5.41, 5.74) is 8.10. The van der Waals surface area contributed by atoms with E-state index in [2.05, 4.69) is 25.3 Å². The van der Waals surface area contributed by atoms with Crippen molar-refractivity contribution in [1.82, 2.24) is 24.5 Å². The second-order valence-corrected chi connectivity index (χ2v) is 6.21. The van der Waals surface area contributed by atoms with Crippen molar-refractivity contribution in [1.29, 1.82) is 0 Å². The van der Waals surface area contributed by atoms with Crippen LogP contribution >= 0.6 is 0 Å². The maximum absolute atomic E-state index is 11.5. The molecule has 0 fully saturated rings. The predicted molar refractivity (Wildman–Crippen MR) is 105 cm³/mol. The lowest BCUT2D eigenvalue weighted by Gasteiger charge is -2.11. The SMILES string of the molecule is CC(=O)c1ccc(Nc2nc3ccccc3n2-c2nc(C)nc(N)n2)cc1O. The topological polar surface area (TPSA) is 132 Å². The van der Waals surface area contributed by atoms with Gasteiger partial charge in [-0.3, -0.25) is 4.79 Å². The van der Waals surface area contributed by atoms with Gasteiger partial charge in [-0.2, -0.15) is 15.0 Å². The van der Waals surface area contributed by atoms with Crippen LogP contribution in [0.3, 0.4) is 0 Å². The summed E-state index contributed by atoms with van der Waals surface area (Å²) >= 11 is 0. The molecule has 2 aromatic carbocycles. The maximum Gasteiger partial charge on any atom is 0.242 e. The molecule has 0 bridgehead atoms. The van der Waals surface area contributed by atoms with Crippen LogP contribution in [0.2, 0.25) is 0 Å². The van der Waals surface area contributed by atoms with E-state index in [-0.39, 0.29) is 23.0 Å². The first-order valence-electron chi connectivity index (χ1n) is 8.49. The smallest absolute Gasteiger partial charge is 0.242 e. The molecule has 4 rings (SSSR count). The van der Waals surface area contributed by atoms with Gasteiger partial charge in [-0.25, -0.2) is 9.55 Å². The highest BCUT2D eigenvalue weighted by Gasteiger charge is 2.16. The van der Waals surface area contributed by atoms with E-state index in [1.54, 1.807) is 23.6 Å². The third-order valence-corrected chi connectivity index (χ3v) is 4.15. The van der Waals surface area contributed by atoms with Crippen molar-refractivity contribution >= 4 is 34.4 Å². The van der Waals surface area contributed by atoms with Crippen LogP contribution in [0.25, 0.3) is 17.0 Å². The summed E-state index contributed by atoms with van der Waals surface area (Å²) in [6, 6.07) is 12.2. The molecule has 0 saturated heterocycles. The van der Waals surface area contributed by atoms with Crippen molar-refractivity contribution in [3.8, 4) is 11.7 Å². The fraction of sp³-hybridized carbons (Fsp3) is 0.105. The van der Waals surface area contributed by atoms with E-state index >= 15 is 0 Å². The van der Waals surface area contributed by atoms with Crippen molar-refractivity contribution < 1.29 is 9.90 Å². The first-order valence-corrected chi connectivity index (χ1v) is 8.49. The molecular weight excluding hydrogens is 358 g/mol. The Kier molecular flexibility index (Phi) is 4.11.